The Balaban J connectivity index is 2.72. The van der Waals surface area contributed by atoms with Crippen LogP contribution in [0.3, 0.4) is 0 Å². The van der Waals surface area contributed by atoms with E-state index in [4.69, 9.17) is 18.9 Å². The van der Waals surface area contributed by atoms with Gasteiger partial charge in [0.1, 0.15) is 12.2 Å². The van der Waals surface area contributed by atoms with Gasteiger partial charge in [0.25, 0.3) is 0 Å². The minimum Gasteiger partial charge on any atom is -0.466 e. The number of hydrogen-bond donors (Lipinski definition) is 0. The highest BCUT2D eigenvalue weighted by molar-refractivity contribution is 5.78. The third-order valence-electron chi connectivity index (χ3n) is 23.8. The third-order valence-corrected chi connectivity index (χ3v) is 23.8. The minimum atomic E-state index is -0.0430. The number of piperazine rings is 1. The first-order chi connectivity index (χ1) is 55.0. The van der Waals surface area contributed by atoms with Gasteiger partial charge in [0.15, 0.2) is 0 Å². The molecule has 0 aromatic rings. The fourth-order valence-electron chi connectivity index (χ4n) is 16.2. The molecule has 14 nitrogen and oxygen atoms in total. The average molecular weight is 1580 g/mol. The lowest BCUT2D eigenvalue weighted by molar-refractivity contribution is -0.151. The molecule has 0 aromatic heterocycles. The predicted octanol–water partition coefficient (Wildman–Crippen LogP) is 27.4. The van der Waals surface area contributed by atoms with Crippen LogP contribution in [0.15, 0.2) is 0 Å². The summed E-state index contributed by atoms with van der Waals surface area (Å²) in [4.78, 5) is 87.7. The van der Waals surface area contributed by atoms with Gasteiger partial charge in [0.2, 0.25) is 11.8 Å². The Morgan fingerprint density at radius 2 is 0.411 bits per heavy atom. The molecule has 0 aliphatic carbocycles. The van der Waals surface area contributed by atoms with Crippen molar-refractivity contribution in [3.63, 3.8) is 0 Å². The molecule has 1 aliphatic rings. The van der Waals surface area contributed by atoms with E-state index in [0.29, 0.717) is 77.9 Å². The van der Waals surface area contributed by atoms with Crippen LogP contribution in [0.1, 0.15) is 504 Å². The number of carbonyl (C=O) groups excluding carboxylic acids is 6. The van der Waals surface area contributed by atoms with Gasteiger partial charge in [-0.3, -0.25) is 28.8 Å². The van der Waals surface area contributed by atoms with Crippen molar-refractivity contribution in [1.82, 2.24) is 19.6 Å². The van der Waals surface area contributed by atoms with E-state index in [-0.39, 0.29) is 47.9 Å². The second-order valence-corrected chi connectivity index (χ2v) is 34.6. The number of hydrogen-bond acceptors (Lipinski definition) is 12. The Labute approximate surface area is 694 Å². The molecule has 1 fully saturated rings. The molecule has 0 radical (unpaired) electrons. The molecule has 0 spiro atoms. The van der Waals surface area contributed by atoms with Crippen LogP contribution in [-0.2, 0) is 47.7 Å². The quantitative estimate of drug-likeness (QED) is 0.0324. The van der Waals surface area contributed by atoms with Gasteiger partial charge in [-0.15, -0.1) is 0 Å². The fourth-order valence-corrected chi connectivity index (χ4v) is 16.2. The Kier molecular flexibility index (Phi) is 80.3. The van der Waals surface area contributed by atoms with Crippen LogP contribution in [-0.4, -0.2) is 146 Å². The van der Waals surface area contributed by atoms with Crippen LogP contribution in [0.5, 0.6) is 0 Å². The zero-order valence-electron chi connectivity index (χ0n) is 75.4. The Morgan fingerprint density at radius 1 is 0.223 bits per heavy atom. The third kappa shape index (κ3) is 72.0. The highest BCUT2D eigenvalue weighted by Gasteiger charge is 2.25. The summed E-state index contributed by atoms with van der Waals surface area (Å²) >= 11 is 0. The van der Waals surface area contributed by atoms with Gasteiger partial charge in [-0.2, -0.15) is 0 Å². The van der Waals surface area contributed by atoms with Gasteiger partial charge in [-0.25, -0.2) is 0 Å². The number of ether oxygens (including phenoxy) is 4. The maximum absolute atomic E-state index is 13.7. The van der Waals surface area contributed by atoms with Gasteiger partial charge in [0.05, 0.1) is 13.2 Å². The minimum absolute atomic E-state index is 0.00191. The molecule has 0 unspecified atom stereocenters. The first-order valence-corrected chi connectivity index (χ1v) is 49.7. The molecule has 0 N–H and O–H groups in total. The molecule has 14 heteroatoms. The molecule has 112 heavy (non-hydrogen) atoms. The maximum Gasteiger partial charge on any atom is 0.306 e. The van der Waals surface area contributed by atoms with Crippen molar-refractivity contribution in [1.29, 1.82) is 0 Å². The van der Waals surface area contributed by atoms with E-state index in [1.54, 1.807) is 0 Å². The summed E-state index contributed by atoms with van der Waals surface area (Å²) in [5.74, 6) is 0.345. The predicted molar refractivity (Wildman–Crippen MR) is 474 cm³/mol. The summed E-state index contributed by atoms with van der Waals surface area (Å²) in [5, 5.41) is 0. The molecule has 1 heterocycles. The number of amides is 2. The lowest BCUT2D eigenvalue weighted by Crippen LogP contribution is -2.50. The molecule has 1 aliphatic heterocycles. The van der Waals surface area contributed by atoms with E-state index >= 15 is 0 Å². The fraction of sp³-hybridized carbons (Fsp3) is 0.939. The van der Waals surface area contributed by atoms with Gasteiger partial charge < -0.3 is 38.5 Å². The summed E-state index contributed by atoms with van der Waals surface area (Å²) in [6, 6.07) is 0. The molecular formula is C98H188N4O10. The van der Waals surface area contributed by atoms with E-state index in [1.165, 1.54) is 193 Å². The zero-order valence-corrected chi connectivity index (χ0v) is 75.4. The number of nitrogens with zero attached hydrogens (tertiary/aromatic N) is 4. The first-order valence-electron chi connectivity index (χ1n) is 49.7. The largest absolute Gasteiger partial charge is 0.466 e. The summed E-state index contributed by atoms with van der Waals surface area (Å²) in [5.41, 5.74) is 0. The van der Waals surface area contributed by atoms with Crippen molar-refractivity contribution in [3.05, 3.63) is 0 Å². The Morgan fingerprint density at radius 3 is 0.661 bits per heavy atom. The number of rotatable bonds is 88. The van der Waals surface area contributed by atoms with Crippen LogP contribution in [0.4, 0.5) is 0 Å². The number of carbonyl (C=O) groups is 6. The zero-order chi connectivity index (χ0) is 81.2. The molecular weight excluding hydrogens is 1390 g/mol. The topological polar surface area (TPSA) is 152 Å². The molecule has 2 amide bonds. The van der Waals surface area contributed by atoms with Crippen LogP contribution in [0.25, 0.3) is 0 Å². The van der Waals surface area contributed by atoms with Crippen molar-refractivity contribution >= 4 is 35.7 Å². The number of unbranched alkanes of at least 4 members (excludes halogenated alkanes) is 50. The highest BCUT2D eigenvalue weighted by Crippen LogP contribution is 2.23. The van der Waals surface area contributed by atoms with Gasteiger partial charge in [-0.1, -0.05) is 324 Å². The van der Waals surface area contributed by atoms with Crippen molar-refractivity contribution in [2.75, 3.05) is 78.7 Å². The molecule has 0 atom stereocenters. The van der Waals surface area contributed by atoms with E-state index < -0.39 is 0 Å². The Hall–Kier alpha value is -3.26. The monoisotopic (exact) mass is 1580 g/mol. The lowest BCUT2D eigenvalue weighted by Gasteiger charge is -2.35. The van der Waals surface area contributed by atoms with Gasteiger partial charge >= 0.3 is 23.9 Å². The summed E-state index contributed by atoms with van der Waals surface area (Å²) in [7, 11) is 0. The molecule has 0 bridgehead atoms. The second-order valence-electron chi connectivity index (χ2n) is 34.6. The molecule has 0 saturated carbocycles. The molecule has 660 valence electrons. The molecule has 1 saturated heterocycles. The van der Waals surface area contributed by atoms with Crippen molar-refractivity contribution in [2.24, 2.45) is 0 Å². The summed E-state index contributed by atoms with van der Waals surface area (Å²) < 4.78 is 23.4. The van der Waals surface area contributed by atoms with Crippen LogP contribution >= 0.6 is 0 Å². The SMILES string of the molecule is CCCCCCCCCOC(=O)CCCCCCCN(CCCCCCCC(=O)OC(CCCCCCCC)CCCCCCCC)CCCCC(=O)N1CCN(C(=O)CCCCN(CCCCCCCC(=O)OCCCCCCCCC)CCCCCCCC(=O)OC(CCCCCCCC)CCCCCCCC)CC1. The second kappa shape index (κ2) is 84.2. The molecule has 1 rings (SSSR count). The molecule has 0 aromatic carbocycles. The van der Waals surface area contributed by atoms with Crippen LogP contribution in [0.2, 0.25) is 0 Å². The normalized spacial score (nSPS) is 12.6. The van der Waals surface area contributed by atoms with Gasteiger partial charge in [-0.05, 0) is 181 Å². The first kappa shape index (κ1) is 107. The van der Waals surface area contributed by atoms with Crippen LogP contribution in [0, 0.1) is 0 Å². The summed E-state index contributed by atoms with van der Waals surface area (Å²) in [6.07, 6.45) is 79.9. The smallest absolute Gasteiger partial charge is 0.306 e. The maximum atomic E-state index is 13.7. The average Bonchev–Trinajstić information content (AvgIpc) is 0.869. The van der Waals surface area contributed by atoms with E-state index in [2.05, 4.69) is 51.3 Å². The van der Waals surface area contributed by atoms with Gasteiger partial charge in [0, 0.05) is 64.7 Å². The number of esters is 4. The van der Waals surface area contributed by atoms with E-state index in [0.717, 1.165) is 270 Å². The van der Waals surface area contributed by atoms with E-state index in [9.17, 15) is 28.8 Å². The van der Waals surface area contributed by atoms with Crippen molar-refractivity contribution in [2.45, 2.75) is 516 Å². The van der Waals surface area contributed by atoms with Crippen molar-refractivity contribution in [3.8, 4) is 0 Å². The van der Waals surface area contributed by atoms with Crippen LogP contribution < -0.4 is 0 Å². The van der Waals surface area contributed by atoms with E-state index in [1.807, 2.05) is 9.80 Å². The standard InChI is InChI=1S/C98H188N4O10/c1-7-13-19-25-31-49-67-89-109-95(105)75-55-41-33-45-61-79-99(81-63-47-35-43-57-77-97(107)111-91(69-51-37-27-21-15-9-3)70-52-38-28-22-16-10-4)83-65-59-73-93(103)101-85-87-102(88-86-101)94(104)74-60-66-84-100(80-62-46-34-42-56-76-96(106)110-90-68-50-32-26-20-14-8-2)82-64-48-36-44-58-78-98(108)112-92(71-53-39-29-23-17-11-5)72-54-40-30-24-18-12-6/h91-92H,7-90H2,1-6H3. The lowest BCUT2D eigenvalue weighted by atomic mass is 10.0. The summed E-state index contributed by atoms with van der Waals surface area (Å²) in [6.45, 7) is 23.3. The highest BCUT2D eigenvalue weighted by atomic mass is 16.6. The Bertz CT molecular complexity index is 1900. The van der Waals surface area contributed by atoms with Crippen molar-refractivity contribution < 1.29 is 47.7 Å².